The minimum atomic E-state index is -1.02. The van der Waals surface area contributed by atoms with Crippen LogP contribution in [0.4, 0.5) is 4.39 Å². The van der Waals surface area contributed by atoms with Gasteiger partial charge in [0, 0.05) is 12.5 Å². The number of halogens is 1. The molecule has 2 nitrogen and oxygen atoms in total. The van der Waals surface area contributed by atoms with E-state index < -0.39 is 6.17 Å². The van der Waals surface area contributed by atoms with Crippen LogP contribution in [0.5, 0.6) is 5.75 Å². The molecule has 0 bridgehead atoms. The summed E-state index contributed by atoms with van der Waals surface area (Å²) in [6, 6.07) is 6.38. The summed E-state index contributed by atoms with van der Waals surface area (Å²) in [5.41, 5.74) is 0.542. The van der Waals surface area contributed by atoms with E-state index in [1.807, 2.05) is 0 Å². The molecule has 1 aliphatic rings. The molecule has 0 spiro atoms. The molecule has 2 unspecified atom stereocenters. The average molecular weight is 196 g/mol. The molecule has 1 aliphatic heterocycles. The molecular formula is C11H13FO2. The van der Waals surface area contributed by atoms with Gasteiger partial charge in [-0.15, -0.1) is 0 Å². The van der Waals surface area contributed by atoms with Crippen molar-refractivity contribution in [3.05, 3.63) is 29.8 Å². The van der Waals surface area contributed by atoms with Crippen molar-refractivity contribution in [3.63, 3.8) is 0 Å². The van der Waals surface area contributed by atoms with Crippen molar-refractivity contribution in [1.29, 1.82) is 0 Å². The second kappa shape index (κ2) is 3.96. The fourth-order valence-corrected chi connectivity index (χ4v) is 1.75. The van der Waals surface area contributed by atoms with Crippen LogP contribution in [0.2, 0.25) is 0 Å². The van der Waals surface area contributed by atoms with E-state index in [9.17, 15) is 9.50 Å². The van der Waals surface area contributed by atoms with Crippen molar-refractivity contribution in [2.24, 2.45) is 5.92 Å². The normalized spacial score (nSPS) is 23.6. The van der Waals surface area contributed by atoms with Crippen LogP contribution in [-0.4, -0.2) is 18.3 Å². The lowest BCUT2D eigenvalue weighted by Crippen LogP contribution is -2.08. The minimum absolute atomic E-state index is 0.0585. The van der Waals surface area contributed by atoms with Crippen LogP contribution < -0.4 is 0 Å². The highest BCUT2D eigenvalue weighted by Crippen LogP contribution is 2.33. The lowest BCUT2D eigenvalue weighted by Gasteiger charge is -2.14. The molecule has 0 aromatic heterocycles. The fourth-order valence-electron chi connectivity index (χ4n) is 1.75. The molecular weight excluding hydrogens is 183 g/mol. The van der Waals surface area contributed by atoms with Crippen LogP contribution in [-0.2, 0) is 4.74 Å². The van der Waals surface area contributed by atoms with Gasteiger partial charge in [-0.25, -0.2) is 4.39 Å². The maximum atomic E-state index is 13.8. The molecule has 1 aromatic rings. The van der Waals surface area contributed by atoms with Crippen molar-refractivity contribution in [2.45, 2.75) is 12.6 Å². The molecule has 1 aromatic carbocycles. The number of hydrogen-bond donors (Lipinski definition) is 1. The molecule has 1 saturated heterocycles. The Hall–Kier alpha value is -1.09. The summed E-state index contributed by atoms with van der Waals surface area (Å²) in [4.78, 5) is 0. The Morgan fingerprint density at radius 3 is 3.00 bits per heavy atom. The van der Waals surface area contributed by atoms with E-state index >= 15 is 0 Å². The predicted molar refractivity (Wildman–Crippen MR) is 50.9 cm³/mol. The van der Waals surface area contributed by atoms with Crippen molar-refractivity contribution in [2.75, 3.05) is 13.2 Å². The smallest absolute Gasteiger partial charge is 0.130 e. The summed E-state index contributed by atoms with van der Waals surface area (Å²) >= 11 is 0. The Morgan fingerprint density at radius 2 is 2.36 bits per heavy atom. The van der Waals surface area contributed by atoms with Gasteiger partial charge in [0.05, 0.1) is 6.61 Å². The van der Waals surface area contributed by atoms with E-state index in [0.29, 0.717) is 18.8 Å². The number of ether oxygens (including phenoxy) is 1. The number of hydrogen-bond acceptors (Lipinski definition) is 2. The van der Waals surface area contributed by atoms with E-state index in [-0.39, 0.29) is 11.7 Å². The van der Waals surface area contributed by atoms with E-state index in [1.54, 1.807) is 18.2 Å². The van der Waals surface area contributed by atoms with Gasteiger partial charge in [-0.3, -0.25) is 0 Å². The van der Waals surface area contributed by atoms with Crippen LogP contribution in [0, 0.1) is 5.92 Å². The van der Waals surface area contributed by atoms with Gasteiger partial charge in [0.15, 0.2) is 0 Å². The maximum Gasteiger partial charge on any atom is 0.130 e. The zero-order valence-electron chi connectivity index (χ0n) is 7.82. The van der Waals surface area contributed by atoms with E-state index in [2.05, 4.69) is 0 Å². The van der Waals surface area contributed by atoms with Crippen molar-refractivity contribution in [1.82, 2.24) is 0 Å². The minimum Gasteiger partial charge on any atom is -0.508 e. The third kappa shape index (κ3) is 1.87. The summed E-state index contributed by atoms with van der Waals surface area (Å²) in [5, 5.41) is 9.21. The zero-order chi connectivity index (χ0) is 9.97. The number of phenols is 1. The Bertz CT molecular complexity index is 308. The Kier molecular flexibility index (Phi) is 2.68. The number of benzene rings is 1. The molecule has 0 radical (unpaired) electrons. The van der Waals surface area contributed by atoms with Crippen LogP contribution in [0.1, 0.15) is 18.2 Å². The Labute approximate surface area is 82.3 Å². The van der Waals surface area contributed by atoms with Gasteiger partial charge < -0.3 is 9.84 Å². The standard InChI is InChI=1S/C11H13FO2/c12-11(9-4-5-14-7-9)8-2-1-3-10(13)6-8/h1-3,6,9,11,13H,4-5,7H2. The molecule has 2 atom stereocenters. The molecule has 3 heteroatoms. The first-order chi connectivity index (χ1) is 6.77. The summed E-state index contributed by atoms with van der Waals surface area (Å²) < 4.78 is 19.0. The molecule has 0 amide bonds. The predicted octanol–water partition coefficient (Wildman–Crippen LogP) is 2.44. The molecule has 1 N–H and O–H groups in total. The summed E-state index contributed by atoms with van der Waals surface area (Å²) in [7, 11) is 0. The Morgan fingerprint density at radius 1 is 1.50 bits per heavy atom. The summed E-state index contributed by atoms with van der Waals surface area (Å²) in [6.07, 6.45) is -0.263. The van der Waals surface area contributed by atoms with Crippen molar-refractivity contribution >= 4 is 0 Å². The highest BCUT2D eigenvalue weighted by Gasteiger charge is 2.26. The number of alkyl halides is 1. The molecule has 76 valence electrons. The lowest BCUT2D eigenvalue weighted by atomic mass is 9.96. The van der Waals surface area contributed by atoms with Gasteiger partial charge in [-0.1, -0.05) is 12.1 Å². The number of rotatable bonds is 2. The van der Waals surface area contributed by atoms with Gasteiger partial charge in [-0.05, 0) is 24.1 Å². The molecule has 0 saturated carbocycles. The molecule has 2 rings (SSSR count). The number of aromatic hydroxyl groups is 1. The molecule has 1 fully saturated rings. The lowest BCUT2D eigenvalue weighted by molar-refractivity contribution is 0.155. The van der Waals surface area contributed by atoms with Crippen molar-refractivity contribution in [3.8, 4) is 5.75 Å². The Balaban J connectivity index is 2.13. The quantitative estimate of drug-likeness (QED) is 0.787. The van der Waals surface area contributed by atoms with E-state index in [4.69, 9.17) is 4.74 Å². The highest BCUT2D eigenvalue weighted by molar-refractivity contribution is 5.29. The van der Waals surface area contributed by atoms with Crippen LogP contribution in [0.15, 0.2) is 24.3 Å². The average Bonchev–Trinajstić information content (AvgIpc) is 2.69. The largest absolute Gasteiger partial charge is 0.508 e. The highest BCUT2D eigenvalue weighted by atomic mass is 19.1. The molecule has 14 heavy (non-hydrogen) atoms. The third-order valence-electron chi connectivity index (χ3n) is 2.57. The maximum absolute atomic E-state index is 13.8. The van der Waals surface area contributed by atoms with Crippen molar-refractivity contribution < 1.29 is 14.2 Å². The first-order valence-corrected chi connectivity index (χ1v) is 4.78. The monoisotopic (exact) mass is 196 g/mol. The molecule has 0 aliphatic carbocycles. The first-order valence-electron chi connectivity index (χ1n) is 4.78. The second-order valence-corrected chi connectivity index (χ2v) is 3.62. The van der Waals surface area contributed by atoms with Gasteiger partial charge in [0.1, 0.15) is 11.9 Å². The van der Waals surface area contributed by atoms with Crippen LogP contribution in [0.3, 0.4) is 0 Å². The van der Waals surface area contributed by atoms with Gasteiger partial charge in [0.25, 0.3) is 0 Å². The first kappa shape index (κ1) is 9.46. The zero-order valence-corrected chi connectivity index (χ0v) is 7.82. The fraction of sp³-hybridized carbons (Fsp3) is 0.455. The second-order valence-electron chi connectivity index (χ2n) is 3.62. The third-order valence-corrected chi connectivity index (χ3v) is 2.57. The SMILES string of the molecule is Oc1cccc(C(F)C2CCOC2)c1. The summed E-state index contributed by atoms with van der Waals surface area (Å²) in [6.45, 7) is 1.13. The van der Waals surface area contributed by atoms with Gasteiger partial charge in [0.2, 0.25) is 0 Å². The summed E-state index contributed by atoms with van der Waals surface area (Å²) in [5.74, 6) is 0.0564. The van der Waals surface area contributed by atoms with E-state index in [0.717, 1.165) is 6.42 Å². The van der Waals surface area contributed by atoms with Crippen LogP contribution >= 0.6 is 0 Å². The van der Waals surface area contributed by atoms with Crippen LogP contribution in [0.25, 0.3) is 0 Å². The van der Waals surface area contributed by atoms with Gasteiger partial charge >= 0.3 is 0 Å². The molecule has 1 heterocycles. The van der Waals surface area contributed by atoms with E-state index in [1.165, 1.54) is 6.07 Å². The number of phenolic OH excluding ortho intramolecular Hbond substituents is 1. The van der Waals surface area contributed by atoms with Gasteiger partial charge in [-0.2, -0.15) is 0 Å². The topological polar surface area (TPSA) is 29.5 Å².